The highest BCUT2D eigenvalue weighted by Gasteiger charge is 2.33. The molecule has 5 rings (SSSR count). The number of carbonyl (C=O) groups is 3. The van der Waals surface area contributed by atoms with Crippen LogP contribution in [0.2, 0.25) is 0 Å². The molecule has 2 aliphatic rings. The lowest BCUT2D eigenvalue weighted by molar-refractivity contribution is -0.127. The average Bonchev–Trinajstić information content (AvgIpc) is 3.47. The first kappa shape index (κ1) is 22.8. The molecule has 2 amide bonds. The normalized spacial score (nSPS) is 17.3. The van der Waals surface area contributed by atoms with Gasteiger partial charge in [-0.2, -0.15) is 0 Å². The van der Waals surface area contributed by atoms with Gasteiger partial charge in [-0.1, -0.05) is 18.2 Å². The van der Waals surface area contributed by atoms with Gasteiger partial charge in [0.2, 0.25) is 5.90 Å². The number of piperazine rings is 1. The van der Waals surface area contributed by atoms with Crippen LogP contribution in [-0.2, 0) is 9.53 Å². The number of fused-ring (bicyclic) bond motifs is 1. The zero-order valence-electron chi connectivity index (χ0n) is 20.0. The molecule has 9 heteroatoms. The number of aromatic amines is 1. The van der Waals surface area contributed by atoms with E-state index in [9.17, 15) is 14.4 Å². The van der Waals surface area contributed by atoms with Crippen molar-refractivity contribution in [1.29, 1.82) is 0 Å². The largest absolute Gasteiger partial charge is 0.474 e. The molecule has 0 bridgehead atoms. The van der Waals surface area contributed by atoms with Gasteiger partial charge in [-0.05, 0) is 38.5 Å². The van der Waals surface area contributed by atoms with Gasteiger partial charge in [-0.25, -0.2) is 9.98 Å². The third-order valence-corrected chi connectivity index (χ3v) is 6.38. The maximum absolute atomic E-state index is 13.3. The molecule has 0 aliphatic carbocycles. The number of pyridine rings is 1. The number of nitrogens with zero attached hydrogens (tertiary/aromatic N) is 4. The Hall–Kier alpha value is -4.01. The molecule has 0 unspecified atom stereocenters. The number of carbonyl (C=O) groups excluding carboxylic acids is 3. The molecule has 1 aromatic carbocycles. The van der Waals surface area contributed by atoms with Crippen LogP contribution in [0.1, 0.15) is 45.8 Å². The Morgan fingerprint density at radius 3 is 2.37 bits per heavy atom. The van der Waals surface area contributed by atoms with Crippen LogP contribution in [0.4, 0.5) is 0 Å². The van der Waals surface area contributed by atoms with Gasteiger partial charge in [-0.15, -0.1) is 0 Å². The molecule has 9 nitrogen and oxygen atoms in total. The fraction of sp³-hybridized carbons (Fsp3) is 0.346. The predicted molar refractivity (Wildman–Crippen MR) is 131 cm³/mol. The molecule has 1 fully saturated rings. The third-order valence-electron chi connectivity index (χ3n) is 6.38. The molecule has 0 atom stereocenters. The second-order valence-corrected chi connectivity index (χ2v) is 9.54. The number of H-pyrrole nitrogens is 1. The molecule has 0 spiro atoms. The van der Waals surface area contributed by atoms with E-state index in [1.54, 1.807) is 29.4 Å². The van der Waals surface area contributed by atoms with Crippen molar-refractivity contribution in [2.24, 2.45) is 4.99 Å². The number of Topliss-reactive ketones (excluding diaryl/α,β-unsaturated/α-hetero) is 1. The van der Waals surface area contributed by atoms with Crippen molar-refractivity contribution in [3.05, 3.63) is 65.1 Å². The van der Waals surface area contributed by atoms with E-state index < -0.39 is 11.7 Å². The van der Waals surface area contributed by atoms with E-state index in [1.807, 2.05) is 39.0 Å². The van der Waals surface area contributed by atoms with Gasteiger partial charge in [0.25, 0.3) is 17.6 Å². The fourth-order valence-corrected chi connectivity index (χ4v) is 4.49. The molecule has 1 saturated heterocycles. The SMILES string of the molecule is Cc1cnc(C2=NC(C)(C)CO2)c2[nH]cc(C(=O)C(=O)N3CCN(C(=O)c4ccccc4)CC3)c12. The van der Waals surface area contributed by atoms with E-state index in [0.29, 0.717) is 66.4 Å². The maximum atomic E-state index is 13.3. The first-order valence-electron chi connectivity index (χ1n) is 11.6. The second kappa shape index (κ2) is 8.65. The Balaban J connectivity index is 1.34. The summed E-state index contributed by atoms with van der Waals surface area (Å²) in [6.07, 6.45) is 3.22. The minimum absolute atomic E-state index is 0.0727. The molecule has 35 heavy (non-hydrogen) atoms. The van der Waals surface area contributed by atoms with Gasteiger partial charge in [0.15, 0.2) is 0 Å². The second-order valence-electron chi connectivity index (χ2n) is 9.54. The number of aliphatic imine (C=N–C) groups is 1. The standard InChI is InChI=1S/C26H27N5O4/c1-16-13-27-21(23-29-26(2,3)15-35-23)20-19(16)18(14-28-20)22(32)25(34)31-11-9-30(10-12-31)24(33)17-7-5-4-6-8-17/h4-8,13-14,28H,9-12,15H2,1-3H3. The number of benzene rings is 1. The van der Waals surface area contributed by atoms with Crippen LogP contribution in [-0.4, -0.2) is 81.6 Å². The van der Waals surface area contributed by atoms with Crippen molar-refractivity contribution in [3.63, 3.8) is 0 Å². The molecule has 1 N–H and O–H groups in total. The summed E-state index contributed by atoms with van der Waals surface area (Å²) in [6, 6.07) is 9.05. The minimum atomic E-state index is -0.589. The summed E-state index contributed by atoms with van der Waals surface area (Å²) in [7, 11) is 0. The third kappa shape index (κ3) is 4.18. The van der Waals surface area contributed by atoms with Gasteiger partial charge in [0.05, 0.1) is 16.6 Å². The van der Waals surface area contributed by atoms with Crippen LogP contribution >= 0.6 is 0 Å². The summed E-state index contributed by atoms with van der Waals surface area (Å²) in [4.78, 5) is 54.5. The highest BCUT2D eigenvalue weighted by Crippen LogP contribution is 2.28. The molecular weight excluding hydrogens is 446 g/mol. The van der Waals surface area contributed by atoms with E-state index >= 15 is 0 Å². The summed E-state index contributed by atoms with van der Waals surface area (Å²) >= 11 is 0. The number of hydrogen-bond donors (Lipinski definition) is 1. The number of ether oxygens (including phenoxy) is 1. The van der Waals surface area contributed by atoms with Gasteiger partial charge in [-0.3, -0.25) is 14.4 Å². The number of nitrogens with one attached hydrogen (secondary N) is 1. The highest BCUT2D eigenvalue weighted by atomic mass is 16.5. The molecule has 3 aromatic rings. The van der Waals surface area contributed by atoms with E-state index in [2.05, 4.69) is 15.0 Å². The number of hydrogen-bond acceptors (Lipinski definition) is 6. The van der Waals surface area contributed by atoms with Crippen LogP contribution in [0, 0.1) is 6.92 Å². The predicted octanol–water partition coefficient (Wildman–Crippen LogP) is 2.59. The molecule has 4 heterocycles. The van der Waals surface area contributed by atoms with Crippen LogP contribution < -0.4 is 0 Å². The molecule has 0 radical (unpaired) electrons. The van der Waals surface area contributed by atoms with Crippen LogP contribution in [0.5, 0.6) is 0 Å². The summed E-state index contributed by atoms with van der Waals surface area (Å²) in [5.41, 5.74) is 2.48. The number of aromatic nitrogens is 2. The monoisotopic (exact) mass is 473 g/mol. The van der Waals surface area contributed by atoms with E-state index in [-0.39, 0.29) is 11.4 Å². The average molecular weight is 474 g/mol. The van der Waals surface area contributed by atoms with Gasteiger partial charge in [0, 0.05) is 49.5 Å². The van der Waals surface area contributed by atoms with Crippen molar-refractivity contribution in [2.75, 3.05) is 32.8 Å². The van der Waals surface area contributed by atoms with Crippen molar-refractivity contribution < 1.29 is 19.1 Å². The molecular formula is C26H27N5O4. The van der Waals surface area contributed by atoms with Crippen molar-refractivity contribution in [3.8, 4) is 0 Å². The molecule has 180 valence electrons. The zero-order valence-corrected chi connectivity index (χ0v) is 20.0. The topological polar surface area (TPSA) is 108 Å². The van der Waals surface area contributed by atoms with Crippen molar-refractivity contribution in [1.82, 2.24) is 19.8 Å². The lowest BCUT2D eigenvalue weighted by Crippen LogP contribution is -2.52. The Bertz CT molecular complexity index is 1350. The first-order valence-corrected chi connectivity index (χ1v) is 11.6. The summed E-state index contributed by atoms with van der Waals surface area (Å²) in [5, 5.41) is 0.641. The Morgan fingerprint density at radius 2 is 1.71 bits per heavy atom. The van der Waals surface area contributed by atoms with Crippen LogP contribution in [0.25, 0.3) is 10.9 Å². The van der Waals surface area contributed by atoms with E-state index in [0.717, 1.165) is 5.56 Å². The van der Waals surface area contributed by atoms with E-state index in [4.69, 9.17) is 4.74 Å². The summed E-state index contributed by atoms with van der Waals surface area (Å²) < 4.78 is 5.75. The smallest absolute Gasteiger partial charge is 0.295 e. The fourth-order valence-electron chi connectivity index (χ4n) is 4.49. The highest BCUT2D eigenvalue weighted by molar-refractivity contribution is 6.45. The zero-order chi connectivity index (χ0) is 24.7. The van der Waals surface area contributed by atoms with Gasteiger partial charge >= 0.3 is 0 Å². The Labute approximate surface area is 202 Å². The number of ketones is 1. The molecule has 2 aromatic heterocycles. The maximum Gasteiger partial charge on any atom is 0.295 e. The minimum Gasteiger partial charge on any atom is -0.474 e. The first-order chi connectivity index (χ1) is 16.7. The van der Waals surface area contributed by atoms with Gasteiger partial charge in [0.1, 0.15) is 12.3 Å². The molecule has 0 saturated carbocycles. The number of amides is 2. The van der Waals surface area contributed by atoms with Crippen LogP contribution in [0.15, 0.2) is 47.7 Å². The quantitative estimate of drug-likeness (QED) is 0.463. The van der Waals surface area contributed by atoms with Crippen LogP contribution in [0.3, 0.4) is 0 Å². The van der Waals surface area contributed by atoms with Crippen molar-refractivity contribution in [2.45, 2.75) is 26.3 Å². The summed E-state index contributed by atoms with van der Waals surface area (Å²) in [5.74, 6) is -0.817. The Morgan fingerprint density at radius 1 is 1.03 bits per heavy atom. The lowest BCUT2D eigenvalue weighted by Gasteiger charge is -2.34. The number of aryl methyl sites for hydroxylation is 1. The summed E-state index contributed by atoms with van der Waals surface area (Å²) in [6.45, 7) is 7.60. The Kier molecular flexibility index (Phi) is 5.62. The lowest BCUT2D eigenvalue weighted by atomic mass is 10.0. The number of rotatable bonds is 4. The molecule has 2 aliphatic heterocycles. The van der Waals surface area contributed by atoms with Crippen molar-refractivity contribution >= 4 is 34.4 Å². The van der Waals surface area contributed by atoms with E-state index in [1.165, 1.54) is 4.90 Å². The van der Waals surface area contributed by atoms with Gasteiger partial charge < -0.3 is 19.5 Å².